The fraction of sp³-hybridized carbons (Fsp3) is 0.389. The number of nitrogens with one attached hydrogen (secondary N) is 1. The highest BCUT2D eigenvalue weighted by Gasteiger charge is 2.13. The first-order valence-electron chi connectivity index (χ1n) is 8.47. The number of nitrogens with zero attached hydrogens (tertiary/aromatic N) is 4. The van der Waals surface area contributed by atoms with Gasteiger partial charge in [0.15, 0.2) is 17.0 Å². The van der Waals surface area contributed by atoms with Gasteiger partial charge in [0, 0.05) is 26.7 Å². The van der Waals surface area contributed by atoms with Gasteiger partial charge in [-0.25, -0.2) is 4.98 Å². The number of imidazole rings is 1. The number of rotatable bonds is 9. The Kier molecular flexibility index (Phi) is 5.79. The van der Waals surface area contributed by atoms with Crippen molar-refractivity contribution in [1.29, 1.82) is 0 Å². The predicted molar refractivity (Wildman–Crippen MR) is 97.0 cm³/mol. The van der Waals surface area contributed by atoms with Gasteiger partial charge in [0.05, 0.1) is 19.5 Å². The molecular formula is C18H23N5O2. The molecule has 0 bridgehead atoms. The van der Waals surface area contributed by atoms with Crippen molar-refractivity contribution in [2.24, 2.45) is 0 Å². The summed E-state index contributed by atoms with van der Waals surface area (Å²) in [7, 11) is 1.82. The van der Waals surface area contributed by atoms with Gasteiger partial charge in [-0.3, -0.25) is 0 Å². The first-order chi connectivity index (χ1) is 12.3. The Labute approximate surface area is 147 Å². The molecule has 1 aromatic carbocycles. The topological polar surface area (TPSA) is 74.1 Å². The molecule has 0 aliphatic carbocycles. The van der Waals surface area contributed by atoms with Crippen LogP contribution in [0.2, 0.25) is 0 Å². The summed E-state index contributed by atoms with van der Waals surface area (Å²) in [5.74, 6) is 0.664. The van der Waals surface area contributed by atoms with Crippen LogP contribution >= 0.6 is 0 Å². The summed E-state index contributed by atoms with van der Waals surface area (Å²) < 4.78 is 13.0. The summed E-state index contributed by atoms with van der Waals surface area (Å²) in [6, 6.07) is 10.6. The van der Waals surface area contributed by atoms with Crippen LogP contribution in [0.25, 0.3) is 11.2 Å². The summed E-state index contributed by atoms with van der Waals surface area (Å²) in [5, 5.41) is 3.07. The van der Waals surface area contributed by atoms with Gasteiger partial charge in [0.1, 0.15) is 0 Å². The Morgan fingerprint density at radius 1 is 1.12 bits per heavy atom. The minimum absolute atomic E-state index is 0.350. The van der Waals surface area contributed by atoms with E-state index in [1.54, 1.807) is 6.33 Å². The number of benzene rings is 1. The minimum Gasteiger partial charge on any atom is -0.463 e. The number of anilines is 1. The molecule has 0 fully saturated rings. The number of ether oxygens (including phenoxy) is 2. The van der Waals surface area contributed by atoms with Crippen LogP contribution in [-0.2, 0) is 11.3 Å². The van der Waals surface area contributed by atoms with Gasteiger partial charge in [0.25, 0.3) is 0 Å². The zero-order valence-corrected chi connectivity index (χ0v) is 14.6. The highest BCUT2D eigenvalue weighted by atomic mass is 16.5. The van der Waals surface area contributed by atoms with Gasteiger partial charge in [0.2, 0.25) is 0 Å². The molecule has 0 saturated heterocycles. The van der Waals surface area contributed by atoms with Crippen LogP contribution in [-0.4, -0.2) is 46.4 Å². The molecule has 132 valence electrons. The average molecular weight is 341 g/mol. The van der Waals surface area contributed by atoms with Crippen molar-refractivity contribution in [3.05, 3.63) is 42.2 Å². The molecule has 0 spiro atoms. The third-order valence-electron chi connectivity index (χ3n) is 3.74. The smallest absolute Gasteiger partial charge is 0.320 e. The Hall–Kier alpha value is -2.67. The number of hydrogen-bond donors (Lipinski definition) is 1. The standard InChI is InChI=1S/C18H23N5O2/c1-3-24-10-7-11-25-18-21-16(19-2)15-17(22-18)23(13-20-15)12-14-8-5-4-6-9-14/h4-6,8-9,13H,3,7,10-12H2,1-2H3,(H,19,21,22). The van der Waals surface area contributed by atoms with Crippen LogP contribution in [0.4, 0.5) is 5.82 Å². The molecular weight excluding hydrogens is 318 g/mol. The van der Waals surface area contributed by atoms with Crippen LogP contribution in [0.1, 0.15) is 18.9 Å². The van der Waals surface area contributed by atoms with E-state index in [2.05, 4.69) is 32.4 Å². The van der Waals surface area contributed by atoms with Gasteiger partial charge < -0.3 is 19.4 Å². The zero-order chi connectivity index (χ0) is 17.5. The maximum Gasteiger partial charge on any atom is 0.320 e. The summed E-state index contributed by atoms with van der Waals surface area (Å²) in [6.07, 6.45) is 2.58. The van der Waals surface area contributed by atoms with Crippen molar-refractivity contribution in [3.63, 3.8) is 0 Å². The van der Waals surface area contributed by atoms with Gasteiger partial charge in [-0.05, 0) is 12.5 Å². The number of hydrogen-bond acceptors (Lipinski definition) is 6. The molecule has 0 aliphatic rings. The molecule has 7 nitrogen and oxygen atoms in total. The lowest BCUT2D eigenvalue weighted by molar-refractivity contribution is 0.129. The number of aromatic nitrogens is 4. The molecule has 0 unspecified atom stereocenters. The Morgan fingerprint density at radius 2 is 1.96 bits per heavy atom. The lowest BCUT2D eigenvalue weighted by Gasteiger charge is -2.09. The van der Waals surface area contributed by atoms with E-state index >= 15 is 0 Å². The SMILES string of the molecule is CCOCCCOc1nc(NC)c2ncn(Cc3ccccc3)c2n1. The zero-order valence-electron chi connectivity index (χ0n) is 14.6. The van der Waals surface area contributed by atoms with Crippen LogP contribution in [0.3, 0.4) is 0 Å². The Balaban J connectivity index is 1.81. The maximum absolute atomic E-state index is 5.69. The molecule has 0 saturated carbocycles. The molecule has 0 aliphatic heterocycles. The quantitative estimate of drug-likeness (QED) is 0.603. The average Bonchev–Trinajstić information content (AvgIpc) is 3.04. The lowest BCUT2D eigenvalue weighted by Crippen LogP contribution is -2.08. The van der Waals surface area contributed by atoms with Gasteiger partial charge in [-0.1, -0.05) is 30.3 Å². The number of fused-ring (bicyclic) bond motifs is 1. The molecule has 1 N–H and O–H groups in total. The van der Waals surface area contributed by atoms with Gasteiger partial charge >= 0.3 is 6.01 Å². The maximum atomic E-state index is 5.69. The second kappa shape index (κ2) is 8.43. The molecule has 7 heteroatoms. The van der Waals surface area contributed by atoms with E-state index in [-0.39, 0.29) is 0 Å². The van der Waals surface area contributed by atoms with Crippen molar-refractivity contribution in [3.8, 4) is 6.01 Å². The molecule has 2 heterocycles. The minimum atomic E-state index is 0.350. The molecule has 3 rings (SSSR count). The van der Waals surface area contributed by atoms with E-state index in [4.69, 9.17) is 9.47 Å². The predicted octanol–water partition coefficient (Wildman–Crippen LogP) is 2.72. The van der Waals surface area contributed by atoms with E-state index in [0.29, 0.717) is 38.2 Å². The van der Waals surface area contributed by atoms with E-state index < -0.39 is 0 Å². The monoisotopic (exact) mass is 341 g/mol. The highest BCUT2D eigenvalue weighted by molar-refractivity contribution is 5.83. The van der Waals surface area contributed by atoms with Crippen molar-refractivity contribution >= 4 is 17.0 Å². The second-order valence-corrected chi connectivity index (χ2v) is 5.53. The van der Waals surface area contributed by atoms with E-state index in [1.807, 2.05) is 36.7 Å². The summed E-state index contributed by atoms with van der Waals surface area (Å²) in [4.78, 5) is 13.4. The van der Waals surface area contributed by atoms with Crippen molar-refractivity contribution in [1.82, 2.24) is 19.5 Å². The molecule has 3 aromatic rings. The van der Waals surface area contributed by atoms with Crippen molar-refractivity contribution in [2.75, 3.05) is 32.2 Å². The molecule has 2 aromatic heterocycles. The second-order valence-electron chi connectivity index (χ2n) is 5.53. The normalized spacial score (nSPS) is 11.0. The first-order valence-corrected chi connectivity index (χ1v) is 8.47. The highest BCUT2D eigenvalue weighted by Crippen LogP contribution is 2.22. The Morgan fingerprint density at radius 3 is 2.72 bits per heavy atom. The van der Waals surface area contributed by atoms with Crippen molar-refractivity contribution in [2.45, 2.75) is 19.9 Å². The third kappa shape index (κ3) is 4.24. The fourth-order valence-electron chi connectivity index (χ4n) is 2.53. The largest absolute Gasteiger partial charge is 0.463 e. The molecule has 25 heavy (non-hydrogen) atoms. The van der Waals surface area contributed by atoms with Crippen LogP contribution < -0.4 is 10.1 Å². The lowest BCUT2D eigenvalue weighted by atomic mass is 10.2. The van der Waals surface area contributed by atoms with E-state index in [0.717, 1.165) is 17.6 Å². The molecule has 0 atom stereocenters. The van der Waals surface area contributed by atoms with E-state index in [9.17, 15) is 0 Å². The molecule has 0 amide bonds. The van der Waals surface area contributed by atoms with E-state index in [1.165, 1.54) is 5.56 Å². The summed E-state index contributed by atoms with van der Waals surface area (Å²) in [6.45, 7) is 4.57. The Bertz CT molecular complexity index is 804. The first kappa shape index (κ1) is 17.2. The third-order valence-corrected chi connectivity index (χ3v) is 3.74. The van der Waals surface area contributed by atoms with Crippen LogP contribution in [0, 0.1) is 0 Å². The van der Waals surface area contributed by atoms with Crippen LogP contribution in [0.15, 0.2) is 36.7 Å². The van der Waals surface area contributed by atoms with Gasteiger partial charge in [-0.2, -0.15) is 9.97 Å². The van der Waals surface area contributed by atoms with Crippen LogP contribution in [0.5, 0.6) is 6.01 Å². The summed E-state index contributed by atoms with van der Waals surface area (Å²) >= 11 is 0. The van der Waals surface area contributed by atoms with Crippen molar-refractivity contribution < 1.29 is 9.47 Å². The fourth-order valence-corrected chi connectivity index (χ4v) is 2.53. The molecule has 0 radical (unpaired) electrons. The summed E-state index contributed by atoms with van der Waals surface area (Å²) in [5.41, 5.74) is 2.67. The van der Waals surface area contributed by atoms with Gasteiger partial charge in [-0.15, -0.1) is 0 Å².